The molecular formula is C12H24O3. The second-order valence-corrected chi connectivity index (χ2v) is 3.12. The molecule has 0 aliphatic rings. The normalized spacial score (nSPS) is 12.5. The molecule has 0 saturated carbocycles. The maximum absolute atomic E-state index is 5.67. The van der Waals surface area contributed by atoms with E-state index in [-0.39, 0.29) is 0 Å². The van der Waals surface area contributed by atoms with Gasteiger partial charge in [0, 0.05) is 26.2 Å². The molecular weight excluding hydrogens is 192 g/mol. The molecule has 0 aromatic heterocycles. The van der Waals surface area contributed by atoms with E-state index >= 15 is 0 Å². The summed E-state index contributed by atoms with van der Waals surface area (Å²) < 4.78 is 16.7. The van der Waals surface area contributed by atoms with Gasteiger partial charge in [-0.2, -0.15) is 0 Å². The first-order valence-corrected chi connectivity index (χ1v) is 5.74. The minimum absolute atomic E-state index is 0.604. The van der Waals surface area contributed by atoms with Crippen LogP contribution in [0.1, 0.15) is 34.1 Å². The lowest BCUT2D eigenvalue weighted by Gasteiger charge is -2.30. The van der Waals surface area contributed by atoms with Crippen molar-refractivity contribution >= 4 is 0 Å². The third-order valence-corrected chi connectivity index (χ3v) is 2.00. The molecule has 0 fully saturated rings. The van der Waals surface area contributed by atoms with E-state index in [0.29, 0.717) is 19.8 Å². The summed E-state index contributed by atoms with van der Waals surface area (Å²) >= 11 is 0. The van der Waals surface area contributed by atoms with Crippen molar-refractivity contribution < 1.29 is 14.2 Å². The predicted molar refractivity (Wildman–Crippen MR) is 61.9 cm³/mol. The van der Waals surface area contributed by atoms with Crippen LogP contribution in [-0.4, -0.2) is 32.2 Å². The Labute approximate surface area is 93.4 Å². The van der Waals surface area contributed by atoms with Gasteiger partial charge in [0.05, 0.1) is 6.61 Å². The Hall–Kier alpha value is -0.380. The lowest BCUT2D eigenvalue weighted by molar-refractivity contribution is -0.208. The average molecular weight is 216 g/mol. The van der Waals surface area contributed by atoms with Crippen LogP contribution >= 0.6 is 0 Å². The summed E-state index contributed by atoms with van der Waals surface area (Å²) in [6.45, 7) is 10.5. The molecule has 0 N–H and O–H groups in total. The summed E-state index contributed by atoms with van der Waals surface area (Å²) in [6, 6.07) is 0. The fourth-order valence-corrected chi connectivity index (χ4v) is 1.47. The summed E-state index contributed by atoms with van der Waals surface area (Å²) in [7, 11) is 0. The van der Waals surface area contributed by atoms with Gasteiger partial charge in [-0.15, -0.1) is 0 Å². The van der Waals surface area contributed by atoms with E-state index in [4.69, 9.17) is 14.2 Å². The van der Waals surface area contributed by atoms with Gasteiger partial charge >= 0.3 is 0 Å². The zero-order valence-electron chi connectivity index (χ0n) is 10.4. The van der Waals surface area contributed by atoms with E-state index < -0.39 is 5.79 Å². The number of hydrogen-bond donors (Lipinski definition) is 0. The molecule has 0 aromatic rings. The van der Waals surface area contributed by atoms with Crippen molar-refractivity contribution in [2.24, 2.45) is 0 Å². The highest BCUT2D eigenvalue weighted by atomic mass is 16.7. The zero-order chi connectivity index (χ0) is 11.6. The summed E-state index contributed by atoms with van der Waals surface area (Å²) in [5, 5.41) is 0. The van der Waals surface area contributed by atoms with Crippen LogP contribution in [0.3, 0.4) is 0 Å². The van der Waals surface area contributed by atoms with Gasteiger partial charge in [0.25, 0.3) is 0 Å². The molecule has 3 nitrogen and oxygen atoms in total. The summed E-state index contributed by atoms with van der Waals surface area (Å²) in [5.74, 6) is -0.604. The lowest BCUT2D eigenvalue weighted by Crippen LogP contribution is -2.35. The van der Waals surface area contributed by atoms with Crippen LogP contribution in [0, 0.1) is 0 Å². The molecule has 15 heavy (non-hydrogen) atoms. The monoisotopic (exact) mass is 216 g/mol. The second-order valence-electron chi connectivity index (χ2n) is 3.12. The average Bonchev–Trinajstić information content (AvgIpc) is 2.19. The first-order valence-electron chi connectivity index (χ1n) is 5.74. The second kappa shape index (κ2) is 8.89. The van der Waals surface area contributed by atoms with Crippen LogP contribution < -0.4 is 0 Å². The minimum Gasteiger partial charge on any atom is -0.382 e. The van der Waals surface area contributed by atoms with Gasteiger partial charge in [0.1, 0.15) is 0 Å². The van der Waals surface area contributed by atoms with Crippen LogP contribution in [0.25, 0.3) is 0 Å². The van der Waals surface area contributed by atoms with Gasteiger partial charge in [0.15, 0.2) is 5.79 Å². The van der Waals surface area contributed by atoms with E-state index in [2.05, 4.69) is 0 Å². The van der Waals surface area contributed by atoms with Crippen LogP contribution in [0.15, 0.2) is 12.2 Å². The molecule has 0 aliphatic carbocycles. The lowest BCUT2D eigenvalue weighted by atomic mass is 10.2. The molecule has 0 aliphatic heterocycles. The quantitative estimate of drug-likeness (QED) is 0.337. The summed E-state index contributed by atoms with van der Waals surface area (Å²) in [5.41, 5.74) is 0. The van der Waals surface area contributed by atoms with Crippen LogP contribution in [0.4, 0.5) is 0 Å². The van der Waals surface area contributed by atoms with Crippen LogP contribution in [-0.2, 0) is 14.2 Å². The molecule has 0 saturated heterocycles. The SMILES string of the molecule is C/C=C/C(CCOCC)(OCC)OCC. The third kappa shape index (κ3) is 5.92. The zero-order valence-corrected chi connectivity index (χ0v) is 10.4. The van der Waals surface area contributed by atoms with E-state index in [0.717, 1.165) is 13.0 Å². The van der Waals surface area contributed by atoms with Gasteiger partial charge in [-0.05, 0) is 33.8 Å². The molecule has 0 heterocycles. The summed E-state index contributed by atoms with van der Waals surface area (Å²) in [6.07, 6.45) is 4.64. The highest BCUT2D eigenvalue weighted by Crippen LogP contribution is 2.20. The number of rotatable bonds is 9. The Morgan fingerprint density at radius 1 is 1.00 bits per heavy atom. The van der Waals surface area contributed by atoms with Crippen molar-refractivity contribution in [3.63, 3.8) is 0 Å². The van der Waals surface area contributed by atoms with Crippen molar-refractivity contribution in [2.75, 3.05) is 26.4 Å². The Bertz CT molecular complexity index is 160. The first-order chi connectivity index (χ1) is 7.24. The molecule has 0 aromatic carbocycles. The Morgan fingerprint density at radius 2 is 1.60 bits per heavy atom. The fourth-order valence-electron chi connectivity index (χ4n) is 1.47. The minimum atomic E-state index is -0.604. The van der Waals surface area contributed by atoms with Crippen molar-refractivity contribution in [3.8, 4) is 0 Å². The third-order valence-electron chi connectivity index (χ3n) is 2.00. The van der Waals surface area contributed by atoms with E-state index in [9.17, 15) is 0 Å². The molecule has 3 heteroatoms. The maximum Gasteiger partial charge on any atom is 0.189 e. The first kappa shape index (κ1) is 14.6. The maximum atomic E-state index is 5.67. The van der Waals surface area contributed by atoms with E-state index in [1.807, 2.05) is 39.8 Å². The van der Waals surface area contributed by atoms with Gasteiger partial charge < -0.3 is 14.2 Å². The van der Waals surface area contributed by atoms with Crippen molar-refractivity contribution in [2.45, 2.75) is 39.9 Å². The topological polar surface area (TPSA) is 27.7 Å². The predicted octanol–water partition coefficient (Wildman–Crippen LogP) is 2.76. The van der Waals surface area contributed by atoms with Crippen molar-refractivity contribution in [3.05, 3.63) is 12.2 Å². The molecule has 0 spiro atoms. The van der Waals surface area contributed by atoms with Crippen LogP contribution in [0.2, 0.25) is 0 Å². The molecule has 0 bridgehead atoms. The molecule has 0 amide bonds. The van der Waals surface area contributed by atoms with Gasteiger partial charge in [-0.25, -0.2) is 0 Å². The Kier molecular flexibility index (Phi) is 8.67. The molecule has 0 unspecified atom stereocenters. The Balaban J connectivity index is 4.32. The van der Waals surface area contributed by atoms with Crippen LogP contribution in [0.5, 0.6) is 0 Å². The number of hydrogen-bond acceptors (Lipinski definition) is 3. The van der Waals surface area contributed by atoms with Gasteiger partial charge in [-0.3, -0.25) is 0 Å². The van der Waals surface area contributed by atoms with Crippen molar-refractivity contribution in [1.82, 2.24) is 0 Å². The number of allylic oxidation sites excluding steroid dienone is 1. The highest BCUT2D eigenvalue weighted by molar-refractivity contribution is 4.94. The molecule has 90 valence electrons. The smallest absolute Gasteiger partial charge is 0.189 e. The fraction of sp³-hybridized carbons (Fsp3) is 0.833. The highest BCUT2D eigenvalue weighted by Gasteiger charge is 2.27. The molecule has 0 radical (unpaired) electrons. The largest absolute Gasteiger partial charge is 0.382 e. The van der Waals surface area contributed by atoms with Crippen molar-refractivity contribution in [1.29, 1.82) is 0 Å². The van der Waals surface area contributed by atoms with Gasteiger partial charge in [-0.1, -0.05) is 6.08 Å². The molecule has 0 rings (SSSR count). The Morgan fingerprint density at radius 3 is 2.00 bits per heavy atom. The standard InChI is InChI=1S/C12H24O3/c1-5-9-12(14-7-3,15-8-4)10-11-13-6-2/h5,9H,6-8,10-11H2,1-4H3/b9-5+. The van der Waals surface area contributed by atoms with E-state index in [1.54, 1.807) is 0 Å². The van der Waals surface area contributed by atoms with Gasteiger partial charge in [0.2, 0.25) is 0 Å². The number of ether oxygens (including phenoxy) is 3. The molecule has 0 atom stereocenters. The summed E-state index contributed by atoms with van der Waals surface area (Å²) in [4.78, 5) is 0. The van der Waals surface area contributed by atoms with E-state index in [1.165, 1.54) is 0 Å².